The first kappa shape index (κ1) is 9.15. The van der Waals surface area contributed by atoms with E-state index >= 15 is 0 Å². The lowest BCUT2D eigenvalue weighted by Gasteiger charge is -2.42. The van der Waals surface area contributed by atoms with E-state index in [1.54, 1.807) is 0 Å². The van der Waals surface area contributed by atoms with Crippen LogP contribution in [0.15, 0.2) is 11.6 Å². The third-order valence-corrected chi connectivity index (χ3v) is 5.65. The molecule has 0 saturated heterocycles. The number of Topliss-reactive ketones (excluding diaryl/α,β-unsaturated/α-hetero) is 2. The zero-order chi connectivity index (χ0) is 10.9. The van der Waals surface area contributed by atoms with E-state index in [1.807, 2.05) is 0 Å². The summed E-state index contributed by atoms with van der Waals surface area (Å²) in [6, 6.07) is 0. The van der Waals surface area contributed by atoms with Gasteiger partial charge in [0.25, 0.3) is 0 Å². The Morgan fingerprint density at radius 2 is 1.94 bits per heavy atom. The molecule has 3 saturated carbocycles. The Labute approximate surface area is 95.1 Å². The van der Waals surface area contributed by atoms with Gasteiger partial charge >= 0.3 is 0 Å². The molecule has 4 aliphatic rings. The van der Waals surface area contributed by atoms with Crippen LogP contribution in [0.3, 0.4) is 0 Å². The monoisotopic (exact) mass is 216 g/mol. The van der Waals surface area contributed by atoms with Gasteiger partial charge in [-0.05, 0) is 31.6 Å². The van der Waals surface area contributed by atoms with Gasteiger partial charge in [-0.3, -0.25) is 9.59 Å². The van der Waals surface area contributed by atoms with E-state index in [4.69, 9.17) is 0 Å². The normalized spacial score (nSPS) is 49.2. The summed E-state index contributed by atoms with van der Waals surface area (Å²) in [7, 11) is 0. The van der Waals surface area contributed by atoms with Crippen LogP contribution in [0.1, 0.15) is 38.5 Å². The minimum atomic E-state index is 0.0341. The van der Waals surface area contributed by atoms with Crippen LogP contribution in [0.2, 0.25) is 0 Å². The van der Waals surface area contributed by atoms with Crippen molar-refractivity contribution in [3.05, 3.63) is 11.6 Å². The quantitative estimate of drug-likeness (QED) is 0.582. The van der Waals surface area contributed by atoms with Gasteiger partial charge in [-0.1, -0.05) is 11.6 Å². The summed E-state index contributed by atoms with van der Waals surface area (Å²) in [6.07, 6.45) is 7.76. The van der Waals surface area contributed by atoms with E-state index in [2.05, 4.69) is 6.08 Å². The highest BCUT2D eigenvalue weighted by Crippen LogP contribution is 2.68. The summed E-state index contributed by atoms with van der Waals surface area (Å²) < 4.78 is 0. The number of ketones is 2. The van der Waals surface area contributed by atoms with Gasteiger partial charge in [-0.15, -0.1) is 0 Å². The van der Waals surface area contributed by atoms with Crippen molar-refractivity contribution in [1.82, 2.24) is 0 Å². The number of hydrogen-bond donors (Lipinski definition) is 0. The molecular weight excluding hydrogens is 200 g/mol. The minimum Gasteiger partial charge on any atom is -0.299 e. The average Bonchev–Trinajstić information content (AvgIpc) is 2.84. The topological polar surface area (TPSA) is 34.1 Å². The van der Waals surface area contributed by atoms with E-state index in [1.165, 1.54) is 5.57 Å². The molecule has 2 heteroatoms. The van der Waals surface area contributed by atoms with Gasteiger partial charge < -0.3 is 0 Å². The molecule has 4 atom stereocenters. The second kappa shape index (κ2) is 2.66. The molecule has 1 spiro atoms. The first-order valence-electron chi connectivity index (χ1n) is 6.49. The van der Waals surface area contributed by atoms with Crippen molar-refractivity contribution in [3.8, 4) is 0 Å². The standard InChI is InChI=1S/C14H16O2/c15-12-6-5-11-13(16)7-9-2-1-8-3-4-10(12)14(8,9)11/h3,9-11H,1-2,4-7H2/t9-,10+,11-,14-/m1/s1. The molecule has 0 aromatic rings. The van der Waals surface area contributed by atoms with Gasteiger partial charge in [0.1, 0.15) is 11.6 Å². The van der Waals surface area contributed by atoms with Crippen LogP contribution in [-0.4, -0.2) is 11.6 Å². The molecule has 0 heterocycles. The summed E-state index contributed by atoms with van der Waals surface area (Å²) in [5.74, 6) is 1.78. The van der Waals surface area contributed by atoms with Gasteiger partial charge in [0, 0.05) is 30.1 Å². The predicted molar refractivity (Wildman–Crippen MR) is 58.7 cm³/mol. The maximum absolute atomic E-state index is 12.1. The Morgan fingerprint density at radius 1 is 1.06 bits per heavy atom. The molecule has 3 fully saturated rings. The molecule has 2 nitrogen and oxygen atoms in total. The Balaban J connectivity index is 1.93. The SMILES string of the molecule is O=C1C[C@H]2CCC3=CC[C@H]4C(=O)CC[C@H]1[C@]324. The molecule has 0 amide bonds. The Hall–Kier alpha value is -0.920. The second-order valence-electron chi connectivity index (χ2n) is 5.91. The maximum Gasteiger partial charge on any atom is 0.137 e. The average molecular weight is 216 g/mol. The first-order valence-corrected chi connectivity index (χ1v) is 6.49. The van der Waals surface area contributed by atoms with Crippen molar-refractivity contribution in [2.75, 3.05) is 0 Å². The van der Waals surface area contributed by atoms with Gasteiger partial charge in [-0.25, -0.2) is 0 Å². The molecular formula is C14H16O2. The van der Waals surface area contributed by atoms with E-state index in [0.29, 0.717) is 23.9 Å². The third kappa shape index (κ3) is 0.761. The lowest BCUT2D eigenvalue weighted by molar-refractivity contribution is -0.134. The van der Waals surface area contributed by atoms with Gasteiger partial charge in [0.15, 0.2) is 0 Å². The summed E-state index contributed by atoms with van der Waals surface area (Å²) in [5.41, 5.74) is 1.51. The van der Waals surface area contributed by atoms with Gasteiger partial charge in [-0.2, -0.15) is 0 Å². The van der Waals surface area contributed by atoms with Crippen LogP contribution in [0.25, 0.3) is 0 Å². The van der Waals surface area contributed by atoms with E-state index < -0.39 is 0 Å². The molecule has 0 aliphatic heterocycles. The highest BCUT2D eigenvalue weighted by atomic mass is 16.1. The smallest absolute Gasteiger partial charge is 0.137 e. The van der Waals surface area contributed by atoms with Crippen molar-refractivity contribution in [3.63, 3.8) is 0 Å². The molecule has 4 rings (SSSR count). The highest BCUT2D eigenvalue weighted by Gasteiger charge is 2.66. The van der Waals surface area contributed by atoms with Crippen LogP contribution in [0.4, 0.5) is 0 Å². The molecule has 0 aromatic heterocycles. The summed E-state index contributed by atoms with van der Waals surface area (Å²) >= 11 is 0. The van der Waals surface area contributed by atoms with Crippen LogP contribution in [0, 0.1) is 23.2 Å². The van der Waals surface area contributed by atoms with Crippen molar-refractivity contribution in [2.24, 2.45) is 23.2 Å². The first-order chi connectivity index (χ1) is 7.74. The fourth-order valence-electron chi connectivity index (χ4n) is 5.22. The van der Waals surface area contributed by atoms with Crippen molar-refractivity contribution < 1.29 is 9.59 Å². The highest BCUT2D eigenvalue weighted by molar-refractivity contribution is 5.93. The Morgan fingerprint density at radius 3 is 2.81 bits per heavy atom. The molecule has 16 heavy (non-hydrogen) atoms. The van der Waals surface area contributed by atoms with E-state index in [-0.39, 0.29) is 17.3 Å². The van der Waals surface area contributed by atoms with Crippen LogP contribution in [0.5, 0.6) is 0 Å². The largest absolute Gasteiger partial charge is 0.299 e. The maximum atomic E-state index is 12.1. The van der Waals surface area contributed by atoms with Crippen molar-refractivity contribution in [2.45, 2.75) is 38.5 Å². The molecule has 0 radical (unpaired) electrons. The lowest BCUT2D eigenvalue weighted by atomic mass is 9.59. The predicted octanol–water partition coefficient (Wildman–Crippen LogP) is 2.28. The second-order valence-corrected chi connectivity index (χ2v) is 5.91. The lowest BCUT2D eigenvalue weighted by Crippen LogP contribution is -2.44. The third-order valence-electron chi connectivity index (χ3n) is 5.65. The van der Waals surface area contributed by atoms with E-state index in [9.17, 15) is 9.59 Å². The van der Waals surface area contributed by atoms with Crippen LogP contribution < -0.4 is 0 Å². The summed E-state index contributed by atoms with van der Waals surface area (Å²) in [5, 5.41) is 0. The zero-order valence-electron chi connectivity index (χ0n) is 9.37. The fourth-order valence-corrected chi connectivity index (χ4v) is 5.22. The van der Waals surface area contributed by atoms with Crippen molar-refractivity contribution >= 4 is 11.6 Å². The molecule has 0 unspecified atom stereocenters. The summed E-state index contributed by atoms with van der Waals surface area (Å²) in [6.45, 7) is 0. The Kier molecular flexibility index (Phi) is 1.52. The molecule has 0 bridgehead atoms. The van der Waals surface area contributed by atoms with E-state index in [0.717, 1.165) is 32.1 Å². The Bertz CT molecular complexity index is 434. The molecule has 0 aromatic carbocycles. The molecule has 84 valence electrons. The number of carbonyl (C=O) groups excluding carboxylic acids is 2. The number of allylic oxidation sites excluding steroid dienone is 2. The van der Waals surface area contributed by atoms with Gasteiger partial charge in [0.2, 0.25) is 0 Å². The fraction of sp³-hybridized carbons (Fsp3) is 0.714. The number of carbonyl (C=O) groups is 2. The van der Waals surface area contributed by atoms with Crippen LogP contribution in [-0.2, 0) is 9.59 Å². The number of rotatable bonds is 0. The molecule has 0 N–H and O–H groups in total. The minimum absolute atomic E-state index is 0.0341. The summed E-state index contributed by atoms with van der Waals surface area (Å²) in [4.78, 5) is 24.2. The van der Waals surface area contributed by atoms with Gasteiger partial charge in [0.05, 0.1) is 0 Å². The van der Waals surface area contributed by atoms with Crippen molar-refractivity contribution in [1.29, 1.82) is 0 Å². The number of hydrogen-bond acceptors (Lipinski definition) is 2. The zero-order valence-corrected chi connectivity index (χ0v) is 9.37. The molecule has 4 aliphatic carbocycles. The van der Waals surface area contributed by atoms with Crippen LogP contribution >= 0.6 is 0 Å².